The molecule has 0 amide bonds. The van der Waals surface area contributed by atoms with Crippen LogP contribution in [0.1, 0.15) is 24.4 Å². The van der Waals surface area contributed by atoms with Gasteiger partial charge in [0.25, 0.3) is 0 Å². The van der Waals surface area contributed by atoms with Gasteiger partial charge in [-0.15, -0.1) is 11.3 Å². The fourth-order valence-corrected chi connectivity index (χ4v) is 2.44. The van der Waals surface area contributed by atoms with Gasteiger partial charge in [0, 0.05) is 0 Å². The van der Waals surface area contributed by atoms with Crippen molar-refractivity contribution in [2.24, 2.45) is 0 Å². The van der Waals surface area contributed by atoms with E-state index in [1.54, 1.807) is 0 Å². The molecule has 2 aromatic rings. The second-order valence-electron chi connectivity index (χ2n) is 3.08. The smallest absolute Gasteiger partial charge is 0.0935 e. The lowest BCUT2D eigenvalue weighted by molar-refractivity contribution is 1.09. The largest absolute Gasteiger partial charge is 0.241 e. The van der Waals surface area contributed by atoms with Crippen LogP contribution in [0.15, 0.2) is 18.2 Å². The molecule has 0 bridgehead atoms. The van der Waals surface area contributed by atoms with Crippen molar-refractivity contribution in [3.05, 3.63) is 28.8 Å². The fraction of sp³-hybridized carbons (Fsp3) is 0.364. The van der Waals surface area contributed by atoms with Gasteiger partial charge in [-0.2, -0.15) is 0 Å². The molecule has 1 heterocycles. The summed E-state index contributed by atoms with van der Waals surface area (Å²) in [5, 5.41) is 1.25. The Balaban J connectivity index is 2.67. The van der Waals surface area contributed by atoms with Gasteiger partial charge in [0.15, 0.2) is 0 Å². The highest BCUT2D eigenvalue weighted by Gasteiger charge is 2.04. The van der Waals surface area contributed by atoms with Crippen LogP contribution in [0.25, 0.3) is 10.2 Å². The molecule has 1 aromatic carbocycles. The summed E-state index contributed by atoms with van der Waals surface area (Å²) in [6.07, 6.45) is 2.12. The fourth-order valence-electron chi connectivity index (χ4n) is 1.49. The predicted molar refractivity (Wildman–Crippen MR) is 58.4 cm³/mol. The molecule has 0 aliphatic rings. The summed E-state index contributed by atoms with van der Waals surface area (Å²) >= 11 is 1.82. The number of hydrogen-bond donors (Lipinski definition) is 0. The van der Waals surface area contributed by atoms with Crippen molar-refractivity contribution >= 4 is 21.6 Å². The molecule has 13 heavy (non-hydrogen) atoms. The summed E-state index contributed by atoms with van der Waals surface area (Å²) in [6.45, 7) is 4.34. The molecule has 1 aromatic heterocycles. The standard InChI is InChI=1S/C11H13NS/c1-3-8-6-5-7-9-11(8)12-10(4-2)13-9/h5-7H,3-4H2,1-2H3. The highest BCUT2D eigenvalue weighted by atomic mass is 32.1. The summed E-state index contributed by atoms with van der Waals surface area (Å²) in [5.74, 6) is 0. The van der Waals surface area contributed by atoms with E-state index in [2.05, 4.69) is 37.0 Å². The van der Waals surface area contributed by atoms with Gasteiger partial charge in [-0.25, -0.2) is 4.98 Å². The molecule has 0 spiro atoms. The van der Waals surface area contributed by atoms with Gasteiger partial charge in [0.05, 0.1) is 15.2 Å². The molecule has 1 nitrogen and oxygen atoms in total. The van der Waals surface area contributed by atoms with E-state index in [0.717, 1.165) is 12.8 Å². The first-order valence-electron chi connectivity index (χ1n) is 4.72. The zero-order valence-corrected chi connectivity index (χ0v) is 8.82. The van der Waals surface area contributed by atoms with Gasteiger partial charge in [-0.05, 0) is 24.5 Å². The molecular weight excluding hydrogens is 178 g/mol. The molecule has 0 radical (unpaired) electrons. The summed E-state index contributed by atoms with van der Waals surface area (Å²) in [7, 11) is 0. The van der Waals surface area contributed by atoms with E-state index >= 15 is 0 Å². The molecule has 2 rings (SSSR count). The Bertz CT molecular complexity index is 417. The minimum atomic E-state index is 1.04. The Labute approximate surface area is 82.4 Å². The lowest BCUT2D eigenvalue weighted by Gasteiger charge is -1.95. The lowest BCUT2D eigenvalue weighted by atomic mass is 10.1. The maximum Gasteiger partial charge on any atom is 0.0935 e. The number of fused-ring (bicyclic) bond motifs is 1. The van der Waals surface area contributed by atoms with E-state index in [-0.39, 0.29) is 0 Å². The summed E-state index contributed by atoms with van der Waals surface area (Å²) < 4.78 is 1.33. The lowest BCUT2D eigenvalue weighted by Crippen LogP contribution is -1.82. The van der Waals surface area contributed by atoms with E-state index in [4.69, 9.17) is 0 Å². The van der Waals surface area contributed by atoms with Gasteiger partial charge in [-0.3, -0.25) is 0 Å². The van der Waals surface area contributed by atoms with Crippen LogP contribution in [0.2, 0.25) is 0 Å². The summed E-state index contributed by atoms with van der Waals surface area (Å²) in [6, 6.07) is 6.45. The minimum Gasteiger partial charge on any atom is -0.241 e. The molecule has 0 aliphatic carbocycles. The number of nitrogens with zero attached hydrogens (tertiary/aromatic N) is 1. The van der Waals surface area contributed by atoms with E-state index in [0.29, 0.717) is 0 Å². The first-order valence-corrected chi connectivity index (χ1v) is 5.54. The van der Waals surface area contributed by atoms with Crippen molar-refractivity contribution in [2.45, 2.75) is 26.7 Å². The number of para-hydroxylation sites is 1. The Morgan fingerprint density at radius 2 is 2.08 bits per heavy atom. The van der Waals surface area contributed by atoms with Crippen LogP contribution in [0.4, 0.5) is 0 Å². The zero-order valence-electron chi connectivity index (χ0n) is 8.00. The van der Waals surface area contributed by atoms with Crippen molar-refractivity contribution in [2.75, 3.05) is 0 Å². The first-order chi connectivity index (χ1) is 6.35. The average Bonchev–Trinajstić information content (AvgIpc) is 2.59. The molecule has 2 heteroatoms. The zero-order chi connectivity index (χ0) is 9.26. The highest BCUT2D eigenvalue weighted by molar-refractivity contribution is 7.18. The first kappa shape index (κ1) is 8.70. The highest BCUT2D eigenvalue weighted by Crippen LogP contribution is 2.25. The number of thiazole rings is 1. The molecule has 0 saturated carbocycles. The van der Waals surface area contributed by atoms with Crippen LogP contribution in [0.3, 0.4) is 0 Å². The van der Waals surface area contributed by atoms with Gasteiger partial charge in [0.2, 0.25) is 0 Å². The molecule has 68 valence electrons. The van der Waals surface area contributed by atoms with Crippen molar-refractivity contribution in [1.29, 1.82) is 0 Å². The second kappa shape index (κ2) is 3.46. The normalized spacial score (nSPS) is 10.9. The summed E-state index contributed by atoms with van der Waals surface area (Å²) in [5.41, 5.74) is 2.58. The second-order valence-corrected chi connectivity index (χ2v) is 4.19. The third-order valence-electron chi connectivity index (χ3n) is 2.23. The van der Waals surface area contributed by atoms with Gasteiger partial charge < -0.3 is 0 Å². The third kappa shape index (κ3) is 1.46. The molecule has 0 fully saturated rings. The van der Waals surface area contributed by atoms with E-state index in [1.807, 2.05) is 11.3 Å². The third-order valence-corrected chi connectivity index (χ3v) is 3.40. The van der Waals surface area contributed by atoms with E-state index in [9.17, 15) is 0 Å². The van der Waals surface area contributed by atoms with Gasteiger partial charge in [-0.1, -0.05) is 26.0 Å². The van der Waals surface area contributed by atoms with Gasteiger partial charge in [0.1, 0.15) is 0 Å². The average molecular weight is 191 g/mol. The Morgan fingerprint density at radius 1 is 1.23 bits per heavy atom. The minimum absolute atomic E-state index is 1.04. The molecule has 0 atom stereocenters. The van der Waals surface area contributed by atoms with Crippen molar-refractivity contribution in [3.8, 4) is 0 Å². The van der Waals surface area contributed by atoms with Crippen LogP contribution in [-0.2, 0) is 12.8 Å². The SMILES string of the molecule is CCc1nc2c(CC)cccc2s1. The van der Waals surface area contributed by atoms with Crippen LogP contribution in [-0.4, -0.2) is 4.98 Å². The van der Waals surface area contributed by atoms with Crippen molar-refractivity contribution < 1.29 is 0 Å². The number of aryl methyl sites for hydroxylation is 2. The molecular formula is C11H13NS. The van der Waals surface area contributed by atoms with Crippen molar-refractivity contribution in [3.63, 3.8) is 0 Å². The molecule has 0 saturated heterocycles. The molecule has 0 aliphatic heterocycles. The maximum absolute atomic E-state index is 4.62. The van der Waals surface area contributed by atoms with Crippen molar-refractivity contribution in [1.82, 2.24) is 4.98 Å². The molecule has 0 unspecified atom stereocenters. The summed E-state index contributed by atoms with van der Waals surface area (Å²) in [4.78, 5) is 4.62. The van der Waals surface area contributed by atoms with Crippen LogP contribution >= 0.6 is 11.3 Å². The topological polar surface area (TPSA) is 12.9 Å². The van der Waals surface area contributed by atoms with Crippen LogP contribution in [0.5, 0.6) is 0 Å². The number of rotatable bonds is 2. The molecule has 0 N–H and O–H groups in total. The Kier molecular flexibility index (Phi) is 2.32. The van der Waals surface area contributed by atoms with E-state index < -0.39 is 0 Å². The van der Waals surface area contributed by atoms with E-state index in [1.165, 1.54) is 20.8 Å². The quantitative estimate of drug-likeness (QED) is 0.708. The maximum atomic E-state index is 4.62. The Morgan fingerprint density at radius 3 is 2.77 bits per heavy atom. The Hall–Kier alpha value is -0.890. The monoisotopic (exact) mass is 191 g/mol. The number of hydrogen-bond acceptors (Lipinski definition) is 2. The number of benzene rings is 1. The number of aromatic nitrogens is 1. The van der Waals surface area contributed by atoms with Gasteiger partial charge >= 0.3 is 0 Å². The van der Waals surface area contributed by atoms with Crippen LogP contribution in [0, 0.1) is 0 Å². The van der Waals surface area contributed by atoms with Crippen LogP contribution < -0.4 is 0 Å². The predicted octanol–water partition coefficient (Wildman–Crippen LogP) is 3.42.